The van der Waals surface area contributed by atoms with Gasteiger partial charge in [-0.25, -0.2) is 4.79 Å². The van der Waals surface area contributed by atoms with Gasteiger partial charge in [-0.3, -0.25) is 0 Å². The first kappa shape index (κ1) is 9.85. The zero-order valence-corrected chi connectivity index (χ0v) is 7.93. The average molecular weight is 197 g/mol. The van der Waals surface area contributed by atoms with Crippen molar-refractivity contribution in [2.24, 2.45) is 0 Å². The molecule has 70 valence electrons. The van der Waals surface area contributed by atoms with E-state index in [1.54, 1.807) is 18.0 Å². The van der Waals surface area contributed by atoms with Crippen molar-refractivity contribution < 1.29 is 0 Å². The highest BCUT2D eigenvalue weighted by Crippen LogP contribution is 2.13. The van der Waals surface area contributed by atoms with E-state index in [2.05, 4.69) is 16.5 Å². The van der Waals surface area contributed by atoms with Crippen molar-refractivity contribution in [1.29, 1.82) is 0 Å². The van der Waals surface area contributed by atoms with Crippen molar-refractivity contribution in [2.45, 2.75) is 5.75 Å². The Bertz CT molecular complexity index is 347. The molecule has 0 radical (unpaired) electrons. The third-order valence-corrected chi connectivity index (χ3v) is 2.40. The molecule has 0 spiro atoms. The fourth-order valence-corrected chi connectivity index (χ4v) is 1.54. The summed E-state index contributed by atoms with van der Waals surface area (Å²) in [5.41, 5.74) is 5.98. The van der Waals surface area contributed by atoms with Crippen LogP contribution in [-0.4, -0.2) is 15.7 Å². The van der Waals surface area contributed by atoms with Crippen molar-refractivity contribution in [3.8, 4) is 0 Å². The number of nitrogens with zero attached hydrogens (tertiary/aromatic N) is 1. The number of hydrogen-bond donors (Lipinski definition) is 2. The number of rotatable bonds is 4. The van der Waals surface area contributed by atoms with Gasteiger partial charge in [0.1, 0.15) is 5.82 Å². The molecule has 0 aliphatic heterocycles. The first-order chi connectivity index (χ1) is 6.24. The van der Waals surface area contributed by atoms with Crippen LogP contribution in [0, 0.1) is 0 Å². The van der Waals surface area contributed by atoms with Gasteiger partial charge in [0.25, 0.3) is 0 Å². The Kier molecular flexibility index (Phi) is 3.57. The third-order valence-electron chi connectivity index (χ3n) is 1.41. The molecular weight excluding hydrogens is 186 g/mol. The monoisotopic (exact) mass is 197 g/mol. The highest BCUT2D eigenvalue weighted by Gasteiger charge is 2.00. The van der Waals surface area contributed by atoms with Crippen LogP contribution in [0.15, 0.2) is 23.6 Å². The average Bonchev–Trinajstić information content (AvgIpc) is 2.09. The highest BCUT2D eigenvalue weighted by atomic mass is 32.2. The summed E-state index contributed by atoms with van der Waals surface area (Å²) in [6.07, 6.45) is 3.42. The number of H-pyrrole nitrogens is 1. The Balaban J connectivity index is 2.66. The molecule has 0 fully saturated rings. The Hall–Kier alpha value is -1.23. The SMILES string of the molecule is C=CCSCc1c[nH]c(=O)nc1N. The summed E-state index contributed by atoms with van der Waals surface area (Å²) in [6, 6.07) is 0. The fraction of sp³-hybridized carbons (Fsp3) is 0.250. The first-order valence-electron chi connectivity index (χ1n) is 3.76. The number of nitrogens with one attached hydrogen (secondary N) is 1. The van der Waals surface area contributed by atoms with E-state index in [4.69, 9.17) is 5.73 Å². The summed E-state index contributed by atoms with van der Waals surface area (Å²) in [6.45, 7) is 3.60. The minimum atomic E-state index is -0.407. The van der Waals surface area contributed by atoms with Crippen molar-refractivity contribution in [3.05, 3.63) is 34.9 Å². The molecule has 4 nitrogen and oxygen atoms in total. The Morgan fingerprint density at radius 1 is 1.77 bits per heavy atom. The largest absolute Gasteiger partial charge is 0.383 e. The molecule has 0 unspecified atom stereocenters. The second-order valence-electron chi connectivity index (χ2n) is 2.42. The lowest BCUT2D eigenvalue weighted by molar-refractivity contribution is 1.05. The van der Waals surface area contributed by atoms with Gasteiger partial charge in [0.15, 0.2) is 0 Å². The summed E-state index contributed by atoms with van der Waals surface area (Å²) in [7, 11) is 0. The van der Waals surface area contributed by atoms with Crippen molar-refractivity contribution in [3.63, 3.8) is 0 Å². The maximum atomic E-state index is 10.7. The van der Waals surface area contributed by atoms with E-state index in [-0.39, 0.29) is 0 Å². The zero-order chi connectivity index (χ0) is 9.68. The number of nitrogen functional groups attached to an aromatic ring is 1. The van der Waals surface area contributed by atoms with Crippen LogP contribution in [0.2, 0.25) is 0 Å². The van der Waals surface area contributed by atoms with Gasteiger partial charge in [-0.2, -0.15) is 16.7 Å². The molecule has 0 saturated heterocycles. The molecule has 1 aromatic heterocycles. The van der Waals surface area contributed by atoms with Crippen LogP contribution in [0.4, 0.5) is 5.82 Å². The van der Waals surface area contributed by atoms with Crippen LogP contribution >= 0.6 is 11.8 Å². The van der Waals surface area contributed by atoms with E-state index in [9.17, 15) is 4.79 Å². The van der Waals surface area contributed by atoms with Gasteiger partial charge in [-0.15, -0.1) is 6.58 Å². The van der Waals surface area contributed by atoms with Gasteiger partial charge in [-0.1, -0.05) is 6.08 Å². The molecule has 0 atom stereocenters. The van der Waals surface area contributed by atoms with E-state index in [0.29, 0.717) is 5.82 Å². The lowest BCUT2D eigenvalue weighted by atomic mass is 10.3. The predicted octanol–water partition coefficient (Wildman–Crippen LogP) is 0.771. The minimum Gasteiger partial charge on any atom is -0.383 e. The third kappa shape index (κ3) is 2.95. The Labute approximate surface area is 80.3 Å². The molecule has 0 amide bonds. The maximum Gasteiger partial charge on any atom is 0.346 e. The van der Waals surface area contributed by atoms with E-state index in [0.717, 1.165) is 17.1 Å². The van der Waals surface area contributed by atoms with Crippen LogP contribution < -0.4 is 11.4 Å². The Morgan fingerprint density at radius 3 is 3.15 bits per heavy atom. The molecule has 0 saturated carbocycles. The second kappa shape index (κ2) is 4.71. The van der Waals surface area contributed by atoms with Gasteiger partial charge in [-0.05, 0) is 0 Å². The minimum absolute atomic E-state index is 0.306. The van der Waals surface area contributed by atoms with Gasteiger partial charge in [0, 0.05) is 23.3 Å². The number of hydrogen-bond acceptors (Lipinski definition) is 4. The predicted molar refractivity (Wildman–Crippen MR) is 55.6 cm³/mol. The number of nitrogens with two attached hydrogens (primary N) is 1. The summed E-state index contributed by atoms with van der Waals surface area (Å²) in [4.78, 5) is 16.8. The van der Waals surface area contributed by atoms with E-state index >= 15 is 0 Å². The summed E-state index contributed by atoms with van der Waals surface area (Å²) in [5.74, 6) is 1.90. The molecule has 1 aromatic rings. The van der Waals surface area contributed by atoms with Crippen LogP contribution in [0.25, 0.3) is 0 Å². The van der Waals surface area contributed by atoms with Crippen molar-refractivity contribution in [1.82, 2.24) is 9.97 Å². The zero-order valence-electron chi connectivity index (χ0n) is 7.12. The fourth-order valence-electron chi connectivity index (χ4n) is 0.804. The van der Waals surface area contributed by atoms with Gasteiger partial charge in [0.2, 0.25) is 0 Å². The second-order valence-corrected chi connectivity index (χ2v) is 3.45. The molecule has 5 heteroatoms. The lowest BCUT2D eigenvalue weighted by Crippen LogP contribution is -2.13. The number of aromatic nitrogens is 2. The standard InChI is InChI=1S/C8H11N3OS/c1-2-3-13-5-6-4-10-8(12)11-7(6)9/h2,4H,1,3,5H2,(H3,9,10,11,12). The van der Waals surface area contributed by atoms with Crippen LogP contribution in [0.1, 0.15) is 5.56 Å². The summed E-state index contributed by atoms with van der Waals surface area (Å²) >= 11 is 1.67. The highest BCUT2D eigenvalue weighted by molar-refractivity contribution is 7.98. The van der Waals surface area contributed by atoms with E-state index in [1.807, 2.05) is 6.08 Å². The molecule has 1 heterocycles. The van der Waals surface area contributed by atoms with Gasteiger partial charge in [0.05, 0.1) is 0 Å². The van der Waals surface area contributed by atoms with Crippen LogP contribution in [-0.2, 0) is 5.75 Å². The molecular formula is C8H11N3OS. The summed E-state index contributed by atoms with van der Waals surface area (Å²) in [5, 5.41) is 0. The molecule has 0 aromatic carbocycles. The van der Waals surface area contributed by atoms with Gasteiger partial charge < -0.3 is 10.7 Å². The van der Waals surface area contributed by atoms with Crippen LogP contribution in [0.5, 0.6) is 0 Å². The maximum absolute atomic E-state index is 10.7. The molecule has 1 rings (SSSR count). The van der Waals surface area contributed by atoms with Crippen LogP contribution in [0.3, 0.4) is 0 Å². The normalized spacial score (nSPS) is 9.85. The molecule has 13 heavy (non-hydrogen) atoms. The topological polar surface area (TPSA) is 71.8 Å². The smallest absolute Gasteiger partial charge is 0.346 e. The molecule has 0 bridgehead atoms. The van der Waals surface area contributed by atoms with E-state index in [1.165, 1.54) is 0 Å². The molecule has 0 aliphatic rings. The quantitative estimate of drug-likeness (QED) is 0.552. The van der Waals surface area contributed by atoms with Crippen molar-refractivity contribution in [2.75, 3.05) is 11.5 Å². The Morgan fingerprint density at radius 2 is 2.54 bits per heavy atom. The molecule has 3 N–H and O–H groups in total. The number of aromatic amines is 1. The lowest BCUT2D eigenvalue weighted by Gasteiger charge is -2.01. The number of anilines is 1. The summed E-state index contributed by atoms with van der Waals surface area (Å²) < 4.78 is 0. The number of thioether (sulfide) groups is 1. The van der Waals surface area contributed by atoms with E-state index < -0.39 is 5.69 Å². The first-order valence-corrected chi connectivity index (χ1v) is 4.92. The van der Waals surface area contributed by atoms with Gasteiger partial charge >= 0.3 is 5.69 Å². The molecule has 0 aliphatic carbocycles. The van der Waals surface area contributed by atoms with Crippen molar-refractivity contribution >= 4 is 17.6 Å².